The average Bonchev–Trinajstić information content (AvgIpc) is 4.02. The van der Waals surface area contributed by atoms with Crippen molar-refractivity contribution in [3.63, 3.8) is 0 Å². The van der Waals surface area contributed by atoms with Gasteiger partial charge in [-0.1, -0.05) is 99.9 Å². The molecule has 344 valence electrons. The molecule has 1 aromatic rings. The summed E-state index contributed by atoms with van der Waals surface area (Å²) >= 11 is 0. The molecule has 7 aliphatic carbocycles. The Bertz CT molecular complexity index is 2400. The number of allylic oxidation sites excluding steroid dienone is 5. The number of hydrogen-bond acceptors (Lipinski definition) is 8. The van der Waals surface area contributed by atoms with Crippen molar-refractivity contribution in [1.29, 1.82) is 0 Å². The molecule has 0 aromatic heterocycles. The molecule has 8 heteroatoms. The summed E-state index contributed by atoms with van der Waals surface area (Å²) < 4.78 is 14.4. The third-order valence-electron chi connectivity index (χ3n) is 21.4. The Labute approximate surface area is 386 Å². The van der Waals surface area contributed by atoms with Crippen LogP contribution in [0.5, 0.6) is 0 Å². The van der Waals surface area contributed by atoms with Gasteiger partial charge in [0.05, 0.1) is 17.0 Å². The van der Waals surface area contributed by atoms with Crippen molar-refractivity contribution in [1.82, 2.24) is 9.80 Å². The number of ether oxygens (including phenoxy) is 2. The molecule has 14 atom stereocenters. The van der Waals surface area contributed by atoms with Crippen LogP contribution in [0.25, 0.3) is 0 Å². The van der Waals surface area contributed by atoms with Crippen LogP contribution < -0.4 is 5.73 Å². The van der Waals surface area contributed by atoms with E-state index in [4.69, 9.17) is 15.2 Å². The topological polar surface area (TPSA) is 105 Å². The summed E-state index contributed by atoms with van der Waals surface area (Å²) in [6, 6.07) is 6.91. The van der Waals surface area contributed by atoms with Gasteiger partial charge in [-0.15, -0.1) is 0 Å². The van der Waals surface area contributed by atoms with Crippen molar-refractivity contribution in [2.45, 2.75) is 147 Å². The van der Waals surface area contributed by atoms with Crippen LogP contribution in [0.3, 0.4) is 0 Å². The summed E-state index contributed by atoms with van der Waals surface area (Å²) in [7, 11) is 0. The molecule has 65 heavy (non-hydrogen) atoms. The zero-order valence-corrected chi connectivity index (χ0v) is 38.8. The predicted octanol–water partition coefficient (Wildman–Crippen LogP) is 10.2. The summed E-state index contributed by atoms with van der Waals surface area (Å²) in [6.07, 6.45) is 30.3. The van der Waals surface area contributed by atoms with E-state index in [2.05, 4.69) is 59.2 Å². The lowest BCUT2D eigenvalue weighted by atomic mass is 9.27. The lowest BCUT2D eigenvalue weighted by Crippen LogP contribution is -2.78. The first-order valence-electron chi connectivity index (χ1n) is 26.8. The Morgan fingerprint density at radius 3 is 2.62 bits per heavy atom. The van der Waals surface area contributed by atoms with E-state index in [0.29, 0.717) is 78.7 Å². The SMILES string of the molecule is C[C@H]1CC2=C3[C@H]4C5=C6[C@@H](/C=C\[C@@H](C7CCCC7)C[C@H]7[C@]68C(=O)O/C(=C(/O)C[C@H](CC6CCCCC6)N6C[C@@H]9C[C@H](C6)[C@H](C=C2)N3C9)[C@@]8(CC5)[C@]72OC(=O)c3c(CCCN)cccc32)C[C@H]41. The smallest absolute Gasteiger partial charge is 0.339 e. The first-order valence-corrected chi connectivity index (χ1v) is 26.8. The van der Waals surface area contributed by atoms with Crippen LogP contribution in [-0.2, 0) is 26.3 Å². The molecule has 16 aliphatic rings. The van der Waals surface area contributed by atoms with Crippen molar-refractivity contribution in [3.05, 3.63) is 93.1 Å². The number of aryl methyl sites for hydroxylation is 1. The lowest BCUT2D eigenvalue weighted by molar-refractivity contribution is -0.282. The lowest BCUT2D eigenvalue weighted by Gasteiger charge is -2.73. The Balaban J connectivity index is 1.05. The normalized spacial score (nSPS) is 46.0. The first kappa shape index (κ1) is 40.4. The standard InChI is InChI=1S/C57H71N3O5/c1-32-23-39-18-19-45-40-24-34-29-59(31-40)41(25-33-9-3-2-4-10-33)28-46(61)52-55-21-20-42-49(51(39)60(45)30-34)43(32)26-38-17-16-37(35-11-5-6-12-35)27-47(56(55,50(38)42)54(63)64-52)57(55)44-15-7-13-36(14-8-22-58)48(44)53(62)65-57/h7,13,15-19,32-35,37-38,40-41,43,45,47,49,61H,2-6,8-12,14,20-31,58H2,1H3/b17-16-,52-46+/t32-,34-,37+,38-,40+,41-,43-,45-,47-,49-,55+,56+,57+/m0/s1. The van der Waals surface area contributed by atoms with E-state index >= 15 is 9.59 Å². The molecule has 12 bridgehead atoms. The predicted molar refractivity (Wildman–Crippen MR) is 249 cm³/mol. The summed E-state index contributed by atoms with van der Waals surface area (Å²) in [4.78, 5) is 37.0. The maximum absolute atomic E-state index is 16.2. The minimum absolute atomic E-state index is 0.0961. The van der Waals surface area contributed by atoms with Crippen molar-refractivity contribution >= 4 is 11.9 Å². The second kappa shape index (κ2) is 14.5. The molecule has 9 heterocycles. The van der Waals surface area contributed by atoms with Crippen LogP contribution in [-0.4, -0.2) is 65.1 Å². The maximum atomic E-state index is 16.2. The monoisotopic (exact) mass is 878 g/mol. The third-order valence-corrected chi connectivity index (χ3v) is 21.4. The molecule has 1 unspecified atom stereocenters. The maximum Gasteiger partial charge on any atom is 0.339 e. The fourth-order valence-electron chi connectivity index (χ4n) is 19.2. The quantitative estimate of drug-likeness (QED) is 0.215. The minimum atomic E-state index is -1.13. The van der Waals surface area contributed by atoms with E-state index < -0.39 is 16.4 Å². The summed E-state index contributed by atoms with van der Waals surface area (Å²) in [5.74, 6) is 3.89. The highest BCUT2D eigenvalue weighted by atomic mass is 16.6. The van der Waals surface area contributed by atoms with Crippen LogP contribution in [0.1, 0.15) is 144 Å². The molecule has 3 saturated carbocycles. The largest absolute Gasteiger partial charge is 0.509 e. The van der Waals surface area contributed by atoms with Gasteiger partial charge in [0.1, 0.15) is 11.2 Å². The average molecular weight is 878 g/mol. The summed E-state index contributed by atoms with van der Waals surface area (Å²) in [5, 5.41) is 13.4. The Morgan fingerprint density at radius 1 is 0.923 bits per heavy atom. The Morgan fingerprint density at radius 2 is 1.77 bits per heavy atom. The zero-order valence-electron chi connectivity index (χ0n) is 38.8. The van der Waals surface area contributed by atoms with Gasteiger partial charge in [-0.3, -0.25) is 9.69 Å². The van der Waals surface area contributed by atoms with Gasteiger partial charge in [0.25, 0.3) is 0 Å². The van der Waals surface area contributed by atoms with Crippen molar-refractivity contribution in [2.24, 2.45) is 75.7 Å². The number of fused-ring (bicyclic) bond motifs is 3. The Hall–Kier alpha value is -3.62. The zero-order chi connectivity index (χ0) is 43.6. The molecule has 3 saturated heterocycles. The number of benzene rings is 1. The van der Waals surface area contributed by atoms with E-state index in [1.54, 1.807) is 5.70 Å². The highest BCUT2D eigenvalue weighted by Crippen LogP contribution is 2.88. The number of piperidine rings is 2. The van der Waals surface area contributed by atoms with Crippen molar-refractivity contribution < 1.29 is 24.2 Å². The number of aliphatic hydroxyl groups excluding tert-OH is 1. The third kappa shape index (κ3) is 5.13. The summed E-state index contributed by atoms with van der Waals surface area (Å²) in [5.41, 5.74) is 11.5. The van der Waals surface area contributed by atoms with Gasteiger partial charge in [0, 0.05) is 55.2 Å². The van der Waals surface area contributed by atoms with Crippen LogP contribution in [0, 0.1) is 70.0 Å². The van der Waals surface area contributed by atoms with E-state index in [1.807, 2.05) is 0 Å². The number of carbonyl (C=O) groups is 2. The molecule has 17 rings (SSSR count). The second-order valence-corrected chi connectivity index (χ2v) is 24.0. The van der Waals surface area contributed by atoms with Gasteiger partial charge in [0.15, 0.2) is 11.4 Å². The Kier molecular flexibility index (Phi) is 8.99. The minimum Gasteiger partial charge on any atom is -0.509 e. The van der Waals surface area contributed by atoms with Gasteiger partial charge in [0.2, 0.25) is 0 Å². The molecule has 0 amide bonds. The summed E-state index contributed by atoms with van der Waals surface area (Å²) in [6.45, 7) is 6.25. The van der Waals surface area contributed by atoms with E-state index in [-0.39, 0.29) is 47.4 Å². The fourth-order valence-corrected chi connectivity index (χ4v) is 19.2. The highest BCUT2D eigenvalue weighted by Gasteiger charge is 2.94. The molecular weight excluding hydrogens is 807 g/mol. The van der Waals surface area contributed by atoms with Crippen LogP contribution in [0.2, 0.25) is 0 Å². The van der Waals surface area contributed by atoms with Crippen molar-refractivity contribution in [3.8, 4) is 0 Å². The molecule has 1 aromatic carbocycles. The number of aliphatic hydroxyl groups is 1. The van der Waals surface area contributed by atoms with E-state index in [0.717, 1.165) is 69.3 Å². The molecule has 3 spiro atoms. The number of rotatable bonds is 6. The van der Waals surface area contributed by atoms with Crippen LogP contribution >= 0.6 is 0 Å². The highest BCUT2D eigenvalue weighted by molar-refractivity contribution is 6.00. The number of nitrogens with two attached hydrogens (primary N) is 1. The number of hydrogen-bond donors (Lipinski definition) is 2. The molecule has 0 radical (unpaired) electrons. The van der Waals surface area contributed by atoms with E-state index in [1.165, 1.54) is 80.9 Å². The number of nitrogens with zero attached hydrogens (tertiary/aromatic N) is 2. The molecule has 3 N–H and O–H groups in total. The van der Waals surface area contributed by atoms with Gasteiger partial charge >= 0.3 is 11.9 Å². The van der Waals surface area contributed by atoms with Crippen LogP contribution in [0.15, 0.2) is 76.4 Å². The van der Waals surface area contributed by atoms with Gasteiger partial charge in [-0.05, 0) is 141 Å². The first-order chi connectivity index (χ1) is 31.8. The molecule has 9 aliphatic heterocycles. The van der Waals surface area contributed by atoms with Gasteiger partial charge < -0.3 is 25.2 Å². The molecule has 6 fully saturated rings. The van der Waals surface area contributed by atoms with E-state index in [9.17, 15) is 5.11 Å². The molecule has 8 nitrogen and oxygen atoms in total. The number of carbonyl (C=O) groups excluding carboxylic acids is 2. The molecular formula is C57H71N3O5. The fraction of sp³-hybridized carbons (Fsp3) is 0.684. The second-order valence-electron chi connectivity index (χ2n) is 24.0. The van der Waals surface area contributed by atoms with Crippen LogP contribution in [0.4, 0.5) is 0 Å². The number of esters is 2. The van der Waals surface area contributed by atoms with Gasteiger partial charge in [-0.2, -0.15) is 0 Å². The van der Waals surface area contributed by atoms with Crippen molar-refractivity contribution in [2.75, 3.05) is 26.2 Å². The van der Waals surface area contributed by atoms with Gasteiger partial charge in [-0.25, -0.2) is 4.79 Å².